The Kier molecular flexibility index (Phi) is 4.33. The van der Waals surface area contributed by atoms with Crippen molar-refractivity contribution in [3.63, 3.8) is 0 Å². The van der Waals surface area contributed by atoms with Gasteiger partial charge in [-0.2, -0.15) is 0 Å². The zero-order valence-corrected chi connectivity index (χ0v) is 13.3. The molecule has 24 heavy (non-hydrogen) atoms. The molecule has 122 valence electrons. The first kappa shape index (κ1) is 15.8. The minimum Gasteiger partial charge on any atom is -0.323 e. The van der Waals surface area contributed by atoms with Gasteiger partial charge in [-0.05, 0) is 31.5 Å². The molecule has 0 spiro atoms. The van der Waals surface area contributed by atoms with Crippen molar-refractivity contribution in [1.29, 1.82) is 0 Å². The third-order valence-electron chi connectivity index (χ3n) is 3.67. The quantitative estimate of drug-likeness (QED) is 0.800. The molecule has 0 bridgehead atoms. The highest BCUT2D eigenvalue weighted by atomic mass is 19.1. The van der Waals surface area contributed by atoms with Crippen LogP contribution in [0.5, 0.6) is 0 Å². The number of nitrogens with zero attached hydrogens (tertiary/aromatic N) is 4. The van der Waals surface area contributed by atoms with Gasteiger partial charge >= 0.3 is 0 Å². The lowest BCUT2D eigenvalue weighted by atomic mass is 10.1. The van der Waals surface area contributed by atoms with Gasteiger partial charge in [0.1, 0.15) is 12.1 Å². The number of aryl methyl sites for hydroxylation is 1. The Hall–Kier alpha value is -3.09. The minimum atomic E-state index is -0.326. The van der Waals surface area contributed by atoms with Gasteiger partial charge in [-0.1, -0.05) is 12.1 Å². The predicted octanol–water partition coefficient (Wildman–Crippen LogP) is 2.60. The van der Waals surface area contributed by atoms with Crippen molar-refractivity contribution in [3.05, 3.63) is 65.8 Å². The highest BCUT2D eigenvalue weighted by Gasteiger charge is 2.08. The second-order valence-electron chi connectivity index (χ2n) is 5.41. The number of imidazole rings is 1. The molecule has 0 saturated carbocycles. The molecule has 1 amide bonds. The Morgan fingerprint density at radius 2 is 1.79 bits per heavy atom. The Balaban J connectivity index is 1.66. The van der Waals surface area contributed by atoms with E-state index < -0.39 is 0 Å². The van der Waals surface area contributed by atoms with Crippen LogP contribution in [-0.4, -0.2) is 25.4 Å². The summed E-state index contributed by atoms with van der Waals surface area (Å²) in [6.07, 6.45) is 4.90. The van der Waals surface area contributed by atoms with Crippen LogP contribution in [0.1, 0.15) is 17.0 Å². The maximum absolute atomic E-state index is 12.9. The third-order valence-corrected chi connectivity index (χ3v) is 3.67. The molecule has 1 aromatic carbocycles. The van der Waals surface area contributed by atoms with Crippen molar-refractivity contribution in [2.24, 2.45) is 0 Å². The van der Waals surface area contributed by atoms with E-state index in [0.717, 1.165) is 17.0 Å². The molecule has 2 aromatic heterocycles. The van der Waals surface area contributed by atoms with Gasteiger partial charge in [-0.25, -0.2) is 19.3 Å². The van der Waals surface area contributed by atoms with Crippen LogP contribution in [0.15, 0.2) is 43.0 Å². The molecule has 0 unspecified atom stereocenters. The number of carbonyl (C=O) groups is 1. The average Bonchev–Trinajstić information content (AvgIpc) is 2.90. The fraction of sp³-hybridized carbons (Fsp3) is 0.176. The number of halogens is 1. The van der Waals surface area contributed by atoms with Gasteiger partial charge in [-0.3, -0.25) is 9.36 Å². The second kappa shape index (κ2) is 6.57. The number of nitrogens with one attached hydrogen (secondary N) is 1. The van der Waals surface area contributed by atoms with Crippen molar-refractivity contribution >= 4 is 11.6 Å². The smallest absolute Gasteiger partial charge is 0.235 e. The Morgan fingerprint density at radius 1 is 1.12 bits per heavy atom. The van der Waals surface area contributed by atoms with E-state index in [1.165, 1.54) is 12.1 Å². The van der Waals surface area contributed by atoms with E-state index in [-0.39, 0.29) is 18.1 Å². The van der Waals surface area contributed by atoms with Crippen molar-refractivity contribution in [3.8, 4) is 5.95 Å². The number of carbonyl (C=O) groups excluding carboxylic acids is 1. The van der Waals surface area contributed by atoms with Gasteiger partial charge in [0.05, 0.1) is 30.2 Å². The fourth-order valence-corrected chi connectivity index (χ4v) is 2.20. The van der Waals surface area contributed by atoms with Crippen LogP contribution in [-0.2, 0) is 11.2 Å². The summed E-state index contributed by atoms with van der Waals surface area (Å²) in [6, 6.07) is 5.82. The number of rotatable bonds is 4. The van der Waals surface area contributed by atoms with Gasteiger partial charge in [0.15, 0.2) is 0 Å². The summed E-state index contributed by atoms with van der Waals surface area (Å²) in [5.74, 6) is -0.0505. The van der Waals surface area contributed by atoms with Crippen molar-refractivity contribution in [1.82, 2.24) is 19.5 Å². The maximum Gasteiger partial charge on any atom is 0.235 e. The Morgan fingerprint density at radius 3 is 2.38 bits per heavy atom. The zero-order chi connectivity index (χ0) is 17.1. The summed E-state index contributed by atoms with van der Waals surface area (Å²) < 4.78 is 14.6. The SMILES string of the molecule is Cc1ncn(-c2ncc(NC(=O)Cc3ccc(F)cc3)cn2)c1C. The molecular formula is C17H16FN5O. The molecule has 3 aromatic rings. The van der Waals surface area contributed by atoms with Gasteiger partial charge in [0.2, 0.25) is 11.9 Å². The first-order valence-corrected chi connectivity index (χ1v) is 7.40. The Labute approximate surface area is 138 Å². The van der Waals surface area contributed by atoms with Crippen molar-refractivity contribution in [2.45, 2.75) is 20.3 Å². The normalized spacial score (nSPS) is 10.6. The molecule has 7 heteroatoms. The molecule has 3 rings (SSSR count). The lowest BCUT2D eigenvalue weighted by molar-refractivity contribution is -0.115. The second-order valence-corrected chi connectivity index (χ2v) is 5.41. The van der Waals surface area contributed by atoms with Gasteiger partial charge in [0, 0.05) is 5.69 Å². The highest BCUT2D eigenvalue weighted by Crippen LogP contribution is 2.12. The summed E-state index contributed by atoms with van der Waals surface area (Å²) in [6.45, 7) is 3.85. The van der Waals surface area contributed by atoms with Crippen molar-refractivity contribution < 1.29 is 9.18 Å². The predicted molar refractivity (Wildman–Crippen MR) is 87.4 cm³/mol. The molecule has 0 aliphatic rings. The highest BCUT2D eigenvalue weighted by molar-refractivity contribution is 5.91. The minimum absolute atomic E-state index is 0.155. The van der Waals surface area contributed by atoms with Crippen LogP contribution in [0.4, 0.5) is 10.1 Å². The van der Waals surface area contributed by atoms with Crippen LogP contribution in [0, 0.1) is 19.7 Å². The number of benzene rings is 1. The lowest BCUT2D eigenvalue weighted by Crippen LogP contribution is -2.15. The van der Waals surface area contributed by atoms with Crippen molar-refractivity contribution in [2.75, 3.05) is 5.32 Å². The van der Waals surface area contributed by atoms with Crippen LogP contribution in [0.25, 0.3) is 5.95 Å². The molecule has 0 radical (unpaired) electrons. The number of anilines is 1. The van der Waals surface area contributed by atoms with E-state index in [1.54, 1.807) is 35.4 Å². The number of hydrogen-bond acceptors (Lipinski definition) is 4. The fourth-order valence-electron chi connectivity index (χ4n) is 2.20. The summed E-state index contributed by atoms with van der Waals surface area (Å²) in [7, 11) is 0. The van der Waals surface area contributed by atoms with E-state index in [4.69, 9.17) is 0 Å². The van der Waals surface area contributed by atoms with Gasteiger partial charge < -0.3 is 5.32 Å². The van der Waals surface area contributed by atoms with Gasteiger partial charge in [0.25, 0.3) is 0 Å². The molecule has 0 fully saturated rings. The van der Waals surface area contributed by atoms with E-state index in [1.807, 2.05) is 13.8 Å². The van der Waals surface area contributed by atoms with E-state index in [2.05, 4.69) is 20.3 Å². The number of hydrogen-bond donors (Lipinski definition) is 1. The molecule has 0 aliphatic carbocycles. The third kappa shape index (κ3) is 3.45. The summed E-state index contributed by atoms with van der Waals surface area (Å²) in [4.78, 5) is 24.7. The molecule has 2 heterocycles. The largest absolute Gasteiger partial charge is 0.323 e. The molecule has 6 nitrogen and oxygen atoms in total. The first-order chi connectivity index (χ1) is 11.5. The molecule has 0 atom stereocenters. The van der Waals surface area contributed by atoms with Crippen LogP contribution in [0.3, 0.4) is 0 Å². The monoisotopic (exact) mass is 325 g/mol. The van der Waals surface area contributed by atoms with Crippen LogP contribution >= 0.6 is 0 Å². The van der Waals surface area contributed by atoms with E-state index >= 15 is 0 Å². The Bertz CT molecular complexity index is 856. The maximum atomic E-state index is 12.9. The topological polar surface area (TPSA) is 72.7 Å². The lowest BCUT2D eigenvalue weighted by Gasteiger charge is -2.07. The molecule has 0 saturated heterocycles. The molecule has 1 N–H and O–H groups in total. The molecule has 0 aliphatic heterocycles. The van der Waals surface area contributed by atoms with E-state index in [0.29, 0.717) is 11.6 Å². The number of aromatic nitrogens is 4. The first-order valence-electron chi connectivity index (χ1n) is 7.40. The van der Waals surface area contributed by atoms with Gasteiger partial charge in [-0.15, -0.1) is 0 Å². The summed E-state index contributed by atoms with van der Waals surface area (Å²) >= 11 is 0. The summed E-state index contributed by atoms with van der Waals surface area (Å²) in [5.41, 5.74) is 3.11. The zero-order valence-electron chi connectivity index (χ0n) is 13.3. The van der Waals surface area contributed by atoms with Crippen LogP contribution in [0.2, 0.25) is 0 Å². The number of amides is 1. The van der Waals surface area contributed by atoms with Crippen LogP contribution < -0.4 is 5.32 Å². The molecular weight excluding hydrogens is 309 g/mol. The standard InChI is InChI=1S/C17H16FN5O/c1-11-12(2)23(10-21-11)17-19-8-15(9-20-17)22-16(24)7-13-3-5-14(18)6-4-13/h3-6,8-10H,7H2,1-2H3,(H,22,24). The van der Waals surface area contributed by atoms with E-state index in [9.17, 15) is 9.18 Å². The summed E-state index contributed by atoms with van der Waals surface area (Å²) in [5, 5.41) is 2.72. The average molecular weight is 325 g/mol.